The number of aromatic hydroxyl groups is 1. The molecule has 0 aliphatic rings. The smallest absolute Gasteiger partial charge is 0.403 e. The molecule has 0 atom stereocenters. The first-order chi connectivity index (χ1) is 11.8. The van der Waals surface area contributed by atoms with Gasteiger partial charge in [0.15, 0.2) is 0 Å². The fourth-order valence-electron chi connectivity index (χ4n) is 2.95. The number of nitrogens with zero attached hydrogens (tertiary/aromatic N) is 3. The Bertz CT molecular complexity index is 959. The summed E-state index contributed by atoms with van der Waals surface area (Å²) in [6.07, 6.45) is 6.80. The van der Waals surface area contributed by atoms with Gasteiger partial charge in [-0.1, -0.05) is 47.4 Å². The van der Waals surface area contributed by atoms with Gasteiger partial charge in [0.25, 0.3) is 0 Å². The predicted molar refractivity (Wildman–Crippen MR) is 91.8 cm³/mol. The zero-order chi connectivity index (χ0) is 16.4. The topological polar surface area (TPSA) is 41.4 Å². The maximum Gasteiger partial charge on any atom is 0.403 e. The number of benzene rings is 2. The fraction of sp³-hybridized carbons (Fsp3) is 0.100. The second kappa shape index (κ2) is 6.16. The Balaban J connectivity index is 1.72. The van der Waals surface area contributed by atoms with E-state index in [1.165, 1.54) is 11.3 Å². The molecule has 0 saturated heterocycles. The third kappa shape index (κ3) is 2.86. The molecule has 2 aromatic heterocycles. The summed E-state index contributed by atoms with van der Waals surface area (Å²) < 4.78 is 4.29. The Hall–Kier alpha value is -3.14. The molecule has 0 aliphatic carbocycles. The van der Waals surface area contributed by atoms with Crippen LogP contribution < -0.4 is 4.57 Å². The SMILES string of the molecule is Oc1ccc(Cc2c[n+](Cc3ccccc3)c3ncccn23)cc1. The highest BCUT2D eigenvalue weighted by atomic mass is 16.3. The summed E-state index contributed by atoms with van der Waals surface area (Å²) in [5.41, 5.74) is 3.57. The maximum absolute atomic E-state index is 9.44. The number of hydrogen-bond acceptors (Lipinski definition) is 2. The van der Waals surface area contributed by atoms with Crippen LogP contribution in [0.2, 0.25) is 0 Å². The monoisotopic (exact) mass is 316 g/mol. The molecule has 4 rings (SSSR count). The lowest BCUT2D eigenvalue weighted by Gasteiger charge is -1.98. The molecule has 0 unspecified atom stereocenters. The van der Waals surface area contributed by atoms with Crippen LogP contribution in [0.25, 0.3) is 5.78 Å². The Morgan fingerprint density at radius 3 is 2.50 bits per heavy atom. The number of imidazole rings is 1. The highest BCUT2D eigenvalue weighted by Gasteiger charge is 2.17. The fourth-order valence-corrected chi connectivity index (χ4v) is 2.95. The minimum atomic E-state index is 0.291. The molecule has 4 aromatic rings. The predicted octanol–water partition coefficient (Wildman–Crippen LogP) is 2.97. The lowest BCUT2D eigenvalue weighted by Crippen LogP contribution is -2.33. The van der Waals surface area contributed by atoms with Crippen molar-refractivity contribution in [2.24, 2.45) is 0 Å². The van der Waals surface area contributed by atoms with E-state index in [9.17, 15) is 5.11 Å². The Kier molecular flexibility index (Phi) is 3.71. The summed E-state index contributed by atoms with van der Waals surface area (Å²) >= 11 is 0. The van der Waals surface area contributed by atoms with Crippen LogP contribution >= 0.6 is 0 Å². The molecule has 1 N–H and O–H groups in total. The molecule has 0 bridgehead atoms. The second-order valence-corrected chi connectivity index (χ2v) is 5.87. The van der Waals surface area contributed by atoms with E-state index in [0.29, 0.717) is 5.75 Å². The highest BCUT2D eigenvalue weighted by Crippen LogP contribution is 2.14. The average Bonchev–Trinajstić information content (AvgIpc) is 2.96. The number of phenols is 1. The van der Waals surface area contributed by atoms with Crippen LogP contribution in [0.1, 0.15) is 16.8 Å². The summed E-state index contributed by atoms with van der Waals surface area (Å²) in [7, 11) is 0. The van der Waals surface area contributed by atoms with Gasteiger partial charge in [0.05, 0.1) is 12.7 Å². The normalized spacial score (nSPS) is 11.0. The van der Waals surface area contributed by atoms with Gasteiger partial charge in [0.1, 0.15) is 23.8 Å². The van der Waals surface area contributed by atoms with Gasteiger partial charge in [0, 0.05) is 12.5 Å². The molecule has 0 radical (unpaired) electrons. The van der Waals surface area contributed by atoms with Gasteiger partial charge in [0.2, 0.25) is 0 Å². The molecule has 2 aromatic carbocycles. The lowest BCUT2D eigenvalue weighted by molar-refractivity contribution is -0.664. The molecule has 0 spiro atoms. The molecule has 0 saturated carbocycles. The summed E-state index contributed by atoms with van der Waals surface area (Å²) in [6.45, 7) is 0.789. The van der Waals surface area contributed by atoms with Crippen molar-refractivity contribution in [3.8, 4) is 5.75 Å². The largest absolute Gasteiger partial charge is 0.508 e. The summed E-state index contributed by atoms with van der Waals surface area (Å²) in [5, 5.41) is 9.44. The number of aromatic nitrogens is 3. The summed E-state index contributed by atoms with van der Waals surface area (Å²) in [5.74, 6) is 1.22. The summed E-state index contributed by atoms with van der Waals surface area (Å²) in [4.78, 5) is 4.54. The summed E-state index contributed by atoms with van der Waals surface area (Å²) in [6, 6.07) is 19.7. The van der Waals surface area contributed by atoms with Crippen molar-refractivity contribution >= 4 is 5.78 Å². The van der Waals surface area contributed by atoms with Gasteiger partial charge in [-0.25, -0.2) is 8.97 Å². The number of hydrogen-bond donors (Lipinski definition) is 1. The zero-order valence-corrected chi connectivity index (χ0v) is 13.2. The molecule has 0 aliphatic heterocycles. The minimum absolute atomic E-state index is 0.291. The molecule has 0 fully saturated rings. The van der Waals surface area contributed by atoms with Gasteiger partial charge in [-0.2, -0.15) is 0 Å². The first-order valence-corrected chi connectivity index (χ1v) is 7.96. The van der Waals surface area contributed by atoms with E-state index < -0.39 is 0 Å². The van der Waals surface area contributed by atoms with E-state index in [0.717, 1.165) is 24.3 Å². The number of fused-ring (bicyclic) bond motifs is 1. The lowest BCUT2D eigenvalue weighted by atomic mass is 10.1. The van der Waals surface area contributed by atoms with Crippen LogP contribution in [0.5, 0.6) is 5.75 Å². The van der Waals surface area contributed by atoms with E-state index in [1.54, 1.807) is 12.1 Å². The van der Waals surface area contributed by atoms with Gasteiger partial charge in [-0.3, -0.25) is 0 Å². The number of rotatable bonds is 4. The quantitative estimate of drug-likeness (QED) is 0.588. The van der Waals surface area contributed by atoms with Gasteiger partial charge < -0.3 is 5.11 Å². The maximum atomic E-state index is 9.44. The third-order valence-electron chi connectivity index (χ3n) is 4.12. The molecule has 118 valence electrons. The van der Waals surface area contributed by atoms with E-state index in [-0.39, 0.29) is 0 Å². The van der Waals surface area contributed by atoms with Crippen LogP contribution in [-0.4, -0.2) is 14.5 Å². The molecular weight excluding hydrogens is 298 g/mol. The molecule has 2 heterocycles. The highest BCUT2D eigenvalue weighted by molar-refractivity contribution is 5.31. The molecular formula is C20H18N3O+. The van der Waals surface area contributed by atoms with Crippen LogP contribution in [-0.2, 0) is 13.0 Å². The number of phenolic OH excluding ortho intramolecular Hbond substituents is 1. The standard InChI is InChI=1S/C20H17N3O/c24-19-9-7-16(8-10-19)13-18-15-22(14-17-5-2-1-3-6-17)20-21-11-4-12-23(18)20/h1-12,15H,13-14H2/p+1. The Morgan fingerprint density at radius 2 is 1.71 bits per heavy atom. The van der Waals surface area contributed by atoms with Crippen molar-refractivity contribution in [3.63, 3.8) is 0 Å². The van der Waals surface area contributed by atoms with Crippen molar-refractivity contribution in [1.29, 1.82) is 0 Å². The van der Waals surface area contributed by atoms with Crippen molar-refractivity contribution < 1.29 is 9.67 Å². The van der Waals surface area contributed by atoms with Gasteiger partial charge >= 0.3 is 5.78 Å². The molecule has 4 nitrogen and oxygen atoms in total. The molecule has 0 amide bonds. The van der Waals surface area contributed by atoms with E-state index in [2.05, 4.69) is 44.4 Å². The third-order valence-corrected chi connectivity index (χ3v) is 4.12. The van der Waals surface area contributed by atoms with Crippen molar-refractivity contribution in [2.45, 2.75) is 13.0 Å². The average molecular weight is 316 g/mol. The van der Waals surface area contributed by atoms with Crippen molar-refractivity contribution in [2.75, 3.05) is 0 Å². The van der Waals surface area contributed by atoms with Gasteiger partial charge in [-0.15, -0.1) is 0 Å². The van der Waals surface area contributed by atoms with Crippen LogP contribution in [0.3, 0.4) is 0 Å². The van der Waals surface area contributed by atoms with Gasteiger partial charge in [-0.05, 0) is 23.3 Å². The first kappa shape index (κ1) is 14.5. The molecule has 24 heavy (non-hydrogen) atoms. The second-order valence-electron chi connectivity index (χ2n) is 5.87. The van der Waals surface area contributed by atoms with E-state index in [1.807, 2.05) is 36.7 Å². The Morgan fingerprint density at radius 1 is 0.917 bits per heavy atom. The van der Waals surface area contributed by atoms with E-state index in [4.69, 9.17) is 0 Å². The Labute approximate surface area is 140 Å². The minimum Gasteiger partial charge on any atom is -0.508 e. The zero-order valence-electron chi connectivity index (χ0n) is 13.2. The van der Waals surface area contributed by atoms with E-state index >= 15 is 0 Å². The van der Waals surface area contributed by atoms with Crippen molar-refractivity contribution in [3.05, 3.63) is 96.1 Å². The van der Waals surface area contributed by atoms with Crippen LogP contribution in [0, 0.1) is 0 Å². The van der Waals surface area contributed by atoms with Crippen molar-refractivity contribution in [1.82, 2.24) is 9.38 Å². The van der Waals surface area contributed by atoms with Crippen LogP contribution in [0.15, 0.2) is 79.3 Å². The van der Waals surface area contributed by atoms with Crippen LogP contribution in [0.4, 0.5) is 0 Å². The molecule has 4 heteroatoms. The first-order valence-electron chi connectivity index (χ1n) is 7.96.